The van der Waals surface area contributed by atoms with Gasteiger partial charge in [0, 0.05) is 0 Å². The standard InChI is InChI=1S/C13H10.2C6H6O.C6H10O/c1-3-7-12-10(5-1)9-11-6-2-4-8-13(11)12;2*7-6-4-2-1-3-5-6;1-3-5-7-6-4-2/h1-8H,9H2;2*1-5,7H;3-4H,1-2,5-6H2. The van der Waals surface area contributed by atoms with Crippen molar-refractivity contribution in [3.8, 4) is 22.6 Å². The van der Waals surface area contributed by atoms with Gasteiger partial charge in [-0.05, 0) is 52.9 Å². The fourth-order valence-electron chi connectivity index (χ4n) is 3.17. The summed E-state index contributed by atoms with van der Waals surface area (Å²) < 4.78 is 4.90. The van der Waals surface area contributed by atoms with Crippen LogP contribution in [0.2, 0.25) is 0 Å². The van der Waals surface area contributed by atoms with E-state index in [2.05, 4.69) is 61.7 Å². The van der Waals surface area contributed by atoms with E-state index in [4.69, 9.17) is 14.9 Å². The summed E-state index contributed by atoms with van der Waals surface area (Å²) in [7, 11) is 0. The Labute approximate surface area is 202 Å². The Morgan fingerprint density at radius 2 is 0.912 bits per heavy atom. The molecule has 4 aromatic rings. The van der Waals surface area contributed by atoms with Crippen LogP contribution in [0.4, 0.5) is 0 Å². The molecule has 0 saturated carbocycles. The van der Waals surface area contributed by atoms with Gasteiger partial charge in [0.25, 0.3) is 0 Å². The van der Waals surface area contributed by atoms with E-state index < -0.39 is 0 Å². The van der Waals surface area contributed by atoms with Gasteiger partial charge >= 0.3 is 0 Å². The second-order valence-corrected chi connectivity index (χ2v) is 7.28. The number of para-hydroxylation sites is 2. The van der Waals surface area contributed by atoms with E-state index in [1.54, 1.807) is 60.7 Å². The lowest BCUT2D eigenvalue weighted by molar-refractivity contribution is 0.194. The third-order valence-corrected chi connectivity index (χ3v) is 4.69. The number of phenolic OH excluding ortho intramolecular Hbond substituents is 2. The van der Waals surface area contributed by atoms with E-state index >= 15 is 0 Å². The average Bonchev–Trinajstić information content (AvgIpc) is 3.25. The summed E-state index contributed by atoms with van der Waals surface area (Å²) in [5.41, 5.74) is 5.75. The predicted octanol–water partition coefficient (Wildman–Crippen LogP) is 7.42. The van der Waals surface area contributed by atoms with E-state index in [1.807, 2.05) is 12.1 Å². The Bertz CT molecular complexity index is 1020. The van der Waals surface area contributed by atoms with Crippen molar-refractivity contribution in [3.05, 3.63) is 146 Å². The van der Waals surface area contributed by atoms with Gasteiger partial charge in [0.05, 0.1) is 13.2 Å². The largest absolute Gasteiger partial charge is 0.508 e. The van der Waals surface area contributed by atoms with Crippen molar-refractivity contribution in [2.24, 2.45) is 0 Å². The first kappa shape index (κ1) is 26.2. The molecule has 1 aliphatic rings. The zero-order valence-electron chi connectivity index (χ0n) is 19.4. The Hall–Kier alpha value is -4.08. The topological polar surface area (TPSA) is 49.7 Å². The van der Waals surface area contributed by atoms with Gasteiger partial charge in [-0.2, -0.15) is 0 Å². The van der Waals surface area contributed by atoms with E-state index in [1.165, 1.54) is 22.3 Å². The first-order valence-corrected chi connectivity index (χ1v) is 11.1. The quantitative estimate of drug-likeness (QED) is 0.220. The van der Waals surface area contributed by atoms with Crippen LogP contribution in [0, 0.1) is 0 Å². The van der Waals surface area contributed by atoms with E-state index in [0.29, 0.717) is 24.7 Å². The maximum Gasteiger partial charge on any atom is 0.115 e. The molecular weight excluding hydrogens is 420 g/mol. The molecule has 0 aliphatic heterocycles. The Balaban J connectivity index is 0.000000170. The molecule has 2 N–H and O–H groups in total. The summed E-state index contributed by atoms with van der Waals surface area (Å²) in [4.78, 5) is 0. The van der Waals surface area contributed by atoms with Crippen molar-refractivity contribution < 1.29 is 14.9 Å². The summed E-state index contributed by atoms with van der Waals surface area (Å²) in [6.07, 6.45) is 4.53. The Morgan fingerprint density at radius 3 is 1.24 bits per heavy atom. The lowest BCUT2D eigenvalue weighted by Gasteiger charge is -1.98. The fourth-order valence-corrected chi connectivity index (χ4v) is 3.17. The van der Waals surface area contributed by atoms with Gasteiger partial charge in [-0.1, -0.05) is 97.1 Å². The Kier molecular flexibility index (Phi) is 12.1. The zero-order chi connectivity index (χ0) is 24.4. The molecule has 174 valence electrons. The second-order valence-electron chi connectivity index (χ2n) is 7.28. The number of hydrogen-bond donors (Lipinski definition) is 2. The second kappa shape index (κ2) is 15.7. The van der Waals surface area contributed by atoms with Crippen LogP contribution in [0.25, 0.3) is 11.1 Å². The summed E-state index contributed by atoms with van der Waals surface area (Å²) in [6, 6.07) is 34.7. The van der Waals surface area contributed by atoms with Crippen LogP contribution in [-0.4, -0.2) is 23.4 Å². The fraction of sp³-hybridized carbons (Fsp3) is 0.0968. The number of ether oxygens (including phenoxy) is 1. The highest BCUT2D eigenvalue weighted by atomic mass is 16.5. The van der Waals surface area contributed by atoms with Crippen LogP contribution in [-0.2, 0) is 11.2 Å². The molecule has 0 amide bonds. The molecular formula is C31H32O3. The lowest BCUT2D eigenvalue weighted by atomic mass is 10.1. The molecule has 0 bridgehead atoms. The van der Waals surface area contributed by atoms with Crippen molar-refractivity contribution >= 4 is 0 Å². The van der Waals surface area contributed by atoms with Gasteiger partial charge in [-0.25, -0.2) is 0 Å². The molecule has 0 heterocycles. The van der Waals surface area contributed by atoms with Crippen LogP contribution in [0.5, 0.6) is 11.5 Å². The summed E-state index contributed by atoms with van der Waals surface area (Å²) >= 11 is 0. The molecule has 0 atom stereocenters. The minimum Gasteiger partial charge on any atom is -0.508 e. The summed E-state index contributed by atoms with van der Waals surface area (Å²) in [6.45, 7) is 8.18. The SMILES string of the molecule is C=CCOCC=C.Oc1ccccc1.Oc1ccccc1.c1ccc2c(c1)Cc1ccccc1-2. The Morgan fingerprint density at radius 1 is 0.559 bits per heavy atom. The highest BCUT2D eigenvalue weighted by Crippen LogP contribution is 2.35. The number of phenols is 2. The molecule has 4 aromatic carbocycles. The maximum absolute atomic E-state index is 8.63. The minimum atomic E-state index is 0.322. The van der Waals surface area contributed by atoms with Crippen LogP contribution in [0.15, 0.2) is 135 Å². The monoisotopic (exact) mass is 452 g/mol. The third kappa shape index (κ3) is 9.60. The van der Waals surface area contributed by atoms with Crippen molar-refractivity contribution in [1.82, 2.24) is 0 Å². The minimum absolute atomic E-state index is 0.322. The van der Waals surface area contributed by atoms with Crippen LogP contribution in [0.3, 0.4) is 0 Å². The van der Waals surface area contributed by atoms with E-state index in [0.717, 1.165) is 6.42 Å². The number of rotatable bonds is 4. The molecule has 3 heteroatoms. The third-order valence-electron chi connectivity index (χ3n) is 4.69. The van der Waals surface area contributed by atoms with Gasteiger partial charge < -0.3 is 14.9 Å². The lowest BCUT2D eigenvalue weighted by Crippen LogP contribution is -1.87. The van der Waals surface area contributed by atoms with Crippen LogP contribution in [0.1, 0.15) is 11.1 Å². The van der Waals surface area contributed by atoms with Gasteiger partial charge in [0.15, 0.2) is 0 Å². The molecule has 34 heavy (non-hydrogen) atoms. The molecule has 0 saturated heterocycles. The molecule has 0 unspecified atom stereocenters. The van der Waals surface area contributed by atoms with Crippen molar-refractivity contribution in [1.29, 1.82) is 0 Å². The first-order chi connectivity index (χ1) is 16.7. The van der Waals surface area contributed by atoms with Crippen molar-refractivity contribution in [2.75, 3.05) is 13.2 Å². The zero-order valence-corrected chi connectivity index (χ0v) is 19.4. The highest BCUT2D eigenvalue weighted by Gasteiger charge is 2.15. The van der Waals surface area contributed by atoms with Crippen molar-refractivity contribution in [2.45, 2.75) is 6.42 Å². The normalized spacial score (nSPS) is 9.88. The number of hydrogen-bond acceptors (Lipinski definition) is 3. The highest BCUT2D eigenvalue weighted by molar-refractivity contribution is 5.76. The number of aromatic hydroxyl groups is 2. The summed E-state index contributed by atoms with van der Waals surface area (Å²) in [5.74, 6) is 0.644. The number of benzene rings is 4. The number of fused-ring (bicyclic) bond motifs is 3. The summed E-state index contributed by atoms with van der Waals surface area (Å²) in [5, 5.41) is 17.3. The van der Waals surface area contributed by atoms with Gasteiger partial charge in [0.2, 0.25) is 0 Å². The van der Waals surface area contributed by atoms with Gasteiger partial charge in [0.1, 0.15) is 11.5 Å². The van der Waals surface area contributed by atoms with Crippen LogP contribution >= 0.6 is 0 Å². The molecule has 0 radical (unpaired) electrons. The predicted molar refractivity (Wildman–Crippen MR) is 142 cm³/mol. The average molecular weight is 453 g/mol. The van der Waals surface area contributed by atoms with Crippen LogP contribution < -0.4 is 0 Å². The molecule has 3 nitrogen and oxygen atoms in total. The first-order valence-electron chi connectivity index (χ1n) is 11.1. The molecule has 0 fully saturated rings. The molecule has 0 aromatic heterocycles. The van der Waals surface area contributed by atoms with Gasteiger partial charge in [-0.3, -0.25) is 0 Å². The van der Waals surface area contributed by atoms with Gasteiger partial charge in [-0.15, -0.1) is 13.2 Å². The van der Waals surface area contributed by atoms with E-state index in [-0.39, 0.29) is 0 Å². The molecule has 1 aliphatic carbocycles. The smallest absolute Gasteiger partial charge is 0.115 e. The van der Waals surface area contributed by atoms with E-state index in [9.17, 15) is 0 Å². The molecule has 5 rings (SSSR count). The molecule has 0 spiro atoms. The maximum atomic E-state index is 8.63. The van der Waals surface area contributed by atoms with Crippen molar-refractivity contribution in [3.63, 3.8) is 0 Å².